The lowest BCUT2D eigenvalue weighted by atomic mass is 10.2. The van der Waals surface area contributed by atoms with Crippen LogP contribution in [-0.4, -0.2) is 16.0 Å². The highest BCUT2D eigenvalue weighted by atomic mass is 79.9. The third-order valence-electron chi connectivity index (χ3n) is 4.69. The topological polar surface area (TPSA) is 46.6 Å². The molecule has 1 aliphatic rings. The first kappa shape index (κ1) is 22.2. The Morgan fingerprint density at radius 2 is 1.53 bits per heavy atom. The zero-order valence-electron chi connectivity index (χ0n) is 16.6. The van der Waals surface area contributed by atoms with Gasteiger partial charge in [0.25, 0.3) is 11.1 Å². The van der Waals surface area contributed by atoms with Gasteiger partial charge in [-0.3, -0.25) is 14.5 Å². The van der Waals surface area contributed by atoms with Gasteiger partial charge in [0.2, 0.25) is 0 Å². The number of nitrogens with zero attached hydrogens (tertiary/aromatic N) is 1. The third-order valence-corrected chi connectivity index (χ3v) is 6.22. The summed E-state index contributed by atoms with van der Waals surface area (Å²) in [5.41, 5.74) is 2.22. The van der Waals surface area contributed by atoms with Crippen molar-refractivity contribution in [2.45, 2.75) is 13.2 Å². The Morgan fingerprint density at radius 1 is 0.906 bits per heavy atom. The summed E-state index contributed by atoms with van der Waals surface area (Å²) in [6, 6.07) is 17.0. The Balaban J connectivity index is 1.44. The summed E-state index contributed by atoms with van der Waals surface area (Å²) in [5, 5.41) is -0.371. The maximum absolute atomic E-state index is 13.1. The van der Waals surface area contributed by atoms with Crippen LogP contribution in [0.4, 0.5) is 13.6 Å². The van der Waals surface area contributed by atoms with E-state index in [-0.39, 0.29) is 30.0 Å². The quantitative estimate of drug-likeness (QED) is 0.349. The summed E-state index contributed by atoms with van der Waals surface area (Å²) in [6.45, 7) is 0.364. The van der Waals surface area contributed by atoms with Gasteiger partial charge in [0.05, 0.1) is 15.9 Å². The van der Waals surface area contributed by atoms with Crippen LogP contribution < -0.4 is 4.74 Å². The summed E-state index contributed by atoms with van der Waals surface area (Å²) in [7, 11) is 0. The molecule has 0 aromatic heterocycles. The minimum absolute atomic E-state index is 0.0855. The molecule has 1 saturated heterocycles. The van der Waals surface area contributed by atoms with Gasteiger partial charge in [-0.05, 0) is 86.9 Å². The molecule has 0 unspecified atom stereocenters. The van der Waals surface area contributed by atoms with Gasteiger partial charge in [-0.2, -0.15) is 0 Å². The molecule has 4 rings (SSSR count). The summed E-state index contributed by atoms with van der Waals surface area (Å²) < 4.78 is 32.5. The summed E-state index contributed by atoms with van der Waals surface area (Å²) in [4.78, 5) is 26.5. The second kappa shape index (κ2) is 9.67. The van der Waals surface area contributed by atoms with Gasteiger partial charge in [0.1, 0.15) is 24.0 Å². The van der Waals surface area contributed by atoms with E-state index in [1.54, 1.807) is 48.5 Å². The van der Waals surface area contributed by atoms with Crippen LogP contribution in [0.5, 0.6) is 5.75 Å². The number of carbonyl (C=O) groups is 2. The first-order valence-corrected chi connectivity index (χ1v) is 11.2. The number of benzene rings is 3. The smallest absolute Gasteiger partial charge is 0.293 e. The van der Waals surface area contributed by atoms with Gasteiger partial charge >= 0.3 is 0 Å². The van der Waals surface area contributed by atoms with Crippen molar-refractivity contribution in [3.05, 3.63) is 104 Å². The Bertz CT molecular complexity index is 1200. The molecule has 1 fully saturated rings. The van der Waals surface area contributed by atoms with Crippen molar-refractivity contribution in [2.24, 2.45) is 0 Å². The van der Waals surface area contributed by atoms with E-state index < -0.39 is 5.91 Å². The van der Waals surface area contributed by atoms with Gasteiger partial charge in [-0.15, -0.1) is 0 Å². The molecule has 8 heteroatoms. The molecule has 32 heavy (non-hydrogen) atoms. The van der Waals surface area contributed by atoms with Crippen molar-refractivity contribution < 1.29 is 23.1 Å². The molecule has 2 amide bonds. The molecule has 3 aromatic carbocycles. The maximum atomic E-state index is 13.1. The number of halogens is 3. The zero-order valence-corrected chi connectivity index (χ0v) is 19.0. The van der Waals surface area contributed by atoms with E-state index in [0.29, 0.717) is 20.7 Å². The standard InChI is InChI=1S/C24H16BrF2NO3S/c25-20-11-17(5-10-21(20)31-14-16-3-8-19(27)9-4-16)12-22-23(29)28(24(30)32-22)13-15-1-6-18(26)7-2-15/h1-12H,13-14H2. The highest BCUT2D eigenvalue weighted by molar-refractivity contribution is 9.10. The minimum Gasteiger partial charge on any atom is -0.488 e. The number of imide groups is 1. The lowest BCUT2D eigenvalue weighted by Crippen LogP contribution is -2.27. The van der Waals surface area contributed by atoms with E-state index in [1.165, 1.54) is 24.3 Å². The van der Waals surface area contributed by atoms with Crippen molar-refractivity contribution in [1.82, 2.24) is 4.90 Å². The molecular weight excluding hydrogens is 500 g/mol. The second-order valence-electron chi connectivity index (χ2n) is 7.00. The molecule has 0 N–H and O–H groups in total. The fraction of sp³-hybridized carbons (Fsp3) is 0.0833. The molecule has 4 nitrogen and oxygen atoms in total. The Kier molecular flexibility index (Phi) is 6.72. The van der Waals surface area contributed by atoms with Crippen molar-refractivity contribution in [3.63, 3.8) is 0 Å². The number of hydrogen-bond donors (Lipinski definition) is 0. The highest BCUT2D eigenvalue weighted by Crippen LogP contribution is 2.35. The normalized spacial score (nSPS) is 15.0. The fourth-order valence-corrected chi connectivity index (χ4v) is 4.37. The molecule has 1 heterocycles. The van der Waals surface area contributed by atoms with E-state index in [1.807, 2.05) is 0 Å². The molecule has 0 spiro atoms. The molecule has 3 aromatic rings. The number of rotatable bonds is 6. The van der Waals surface area contributed by atoms with Crippen LogP contribution >= 0.6 is 27.7 Å². The van der Waals surface area contributed by atoms with Gasteiger partial charge in [0.15, 0.2) is 0 Å². The number of amides is 2. The predicted octanol–water partition coefficient (Wildman–Crippen LogP) is 6.54. The Labute approximate surface area is 196 Å². The third kappa shape index (κ3) is 5.26. The van der Waals surface area contributed by atoms with Crippen LogP contribution in [0.25, 0.3) is 6.08 Å². The maximum Gasteiger partial charge on any atom is 0.293 e. The van der Waals surface area contributed by atoms with Crippen LogP contribution in [0.2, 0.25) is 0 Å². The fourth-order valence-electron chi connectivity index (χ4n) is 3.03. The molecule has 0 saturated carbocycles. The first-order chi connectivity index (χ1) is 15.4. The first-order valence-electron chi connectivity index (χ1n) is 9.55. The van der Waals surface area contributed by atoms with E-state index in [4.69, 9.17) is 4.74 Å². The van der Waals surface area contributed by atoms with Crippen LogP contribution in [0, 0.1) is 11.6 Å². The van der Waals surface area contributed by atoms with Crippen LogP contribution in [0.15, 0.2) is 76.1 Å². The van der Waals surface area contributed by atoms with E-state index in [2.05, 4.69) is 15.9 Å². The van der Waals surface area contributed by atoms with Gasteiger partial charge in [0, 0.05) is 0 Å². The predicted molar refractivity (Wildman–Crippen MR) is 123 cm³/mol. The number of ether oxygens (including phenoxy) is 1. The molecule has 0 bridgehead atoms. The number of thioether (sulfide) groups is 1. The molecule has 0 aliphatic carbocycles. The molecule has 1 aliphatic heterocycles. The number of carbonyl (C=O) groups excluding carboxylic acids is 2. The highest BCUT2D eigenvalue weighted by Gasteiger charge is 2.35. The monoisotopic (exact) mass is 515 g/mol. The second-order valence-corrected chi connectivity index (χ2v) is 8.85. The van der Waals surface area contributed by atoms with Crippen molar-refractivity contribution in [2.75, 3.05) is 0 Å². The summed E-state index contributed by atoms with van der Waals surface area (Å²) in [5.74, 6) is -0.479. The Hall–Kier alpha value is -2.97. The molecule has 0 radical (unpaired) electrons. The van der Waals surface area contributed by atoms with Crippen LogP contribution in [0.3, 0.4) is 0 Å². The molecular formula is C24H16BrF2NO3S. The van der Waals surface area contributed by atoms with Gasteiger partial charge in [-0.25, -0.2) is 8.78 Å². The van der Waals surface area contributed by atoms with Crippen molar-refractivity contribution in [1.29, 1.82) is 0 Å². The van der Waals surface area contributed by atoms with E-state index in [0.717, 1.165) is 27.8 Å². The minimum atomic E-state index is -0.392. The van der Waals surface area contributed by atoms with Gasteiger partial charge < -0.3 is 4.74 Å². The van der Waals surface area contributed by atoms with Crippen molar-refractivity contribution >= 4 is 44.9 Å². The molecule has 162 valence electrons. The lowest BCUT2D eigenvalue weighted by molar-refractivity contribution is -0.123. The van der Waals surface area contributed by atoms with E-state index >= 15 is 0 Å². The SMILES string of the molecule is O=C1SC(=Cc2ccc(OCc3ccc(F)cc3)c(Br)c2)C(=O)N1Cc1ccc(F)cc1. The average Bonchev–Trinajstić information content (AvgIpc) is 3.03. The Morgan fingerprint density at radius 3 is 2.16 bits per heavy atom. The van der Waals surface area contributed by atoms with Crippen molar-refractivity contribution in [3.8, 4) is 5.75 Å². The zero-order chi connectivity index (χ0) is 22.7. The van der Waals surface area contributed by atoms with Gasteiger partial charge in [-0.1, -0.05) is 30.3 Å². The number of hydrogen-bond acceptors (Lipinski definition) is 4. The summed E-state index contributed by atoms with van der Waals surface area (Å²) in [6.07, 6.45) is 1.64. The lowest BCUT2D eigenvalue weighted by Gasteiger charge is -2.12. The average molecular weight is 516 g/mol. The summed E-state index contributed by atoms with van der Waals surface area (Å²) >= 11 is 4.32. The van der Waals surface area contributed by atoms with Crippen LogP contribution in [-0.2, 0) is 17.9 Å². The van der Waals surface area contributed by atoms with Crippen LogP contribution in [0.1, 0.15) is 16.7 Å². The largest absolute Gasteiger partial charge is 0.488 e. The van der Waals surface area contributed by atoms with E-state index in [9.17, 15) is 18.4 Å². The molecule has 0 atom stereocenters.